The molecule has 2 N–H and O–H groups in total. The van der Waals surface area contributed by atoms with Gasteiger partial charge in [0.2, 0.25) is 5.91 Å². The van der Waals surface area contributed by atoms with Crippen LogP contribution in [0.5, 0.6) is 5.75 Å². The van der Waals surface area contributed by atoms with Crippen LogP contribution in [-0.2, 0) is 9.53 Å². The molecule has 0 saturated carbocycles. The summed E-state index contributed by atoms with van der Waals surface area (Å²) in [5, 5.41) is 0. The molecular weight excluding hydrogens is 404 g/mol. The van der Waals surface area contributed by atoms with E-state index in [4.69, 9.17) is 15.2 Å². The molecule has 3 heterocycles. The zero-order valence-electron chi connectivity index (χ0n) is 18.5. The van der Waals surface area contributed by atoms with Gasteiger partial charge >= 0.3 is 0 Å². The van der Waals surface area contributed by atoms with Gasteiger partial charge in [0.05, 0.1) is 12.1 Å². The number of carbonyl (C=O) groups excluding carboxylic acids is 1. The molecule has 0 spiro atoms. The van der Waals surface area contributed by atoms with Crippen molar-refractivity contribution in [1.29, 1.82) is 0 Å². The summed E-state index contributed by atoms with van der Waals surface area (Å²) in [6.07, 6.45) is 2.39. The third kappa shape index (κ3) is 4.43. The molecule has 6 nitrogen and oxygen atoms in total. The van der Waals surface area contributed by atoms with Gasteiger partial charge in [-0.05, 0) is 36.8 Å². The highest BCUT2D eigenvalue weighted by Crippen LogP contribution is 2.38. The van der Waals surface area contributed by atoms with Gasteiger partial charge in [-0.3, -0.25) is 9.69 Å². The van der Waals surface area contributed by atoms with Crippen molar-refractivity contribution < 1.29 is 23.0 Å². The molecule has 1 aromatic rings. The highest BCUT2D eigenvalue weighted by molar-refractivity contribution is 5.83. The average molecular weight is 438 g/mol. The number of fused-ring (bicyclic) bond motifs is 1. The van der Waals surface area contributed by atoms with Gasteiger partial charge in [-0.2, -0.15) is 0 Å². The molecule has 4 rings (SSSR count). The number of halogens is 2. The fourth-order valence-corrected chi connectivity index (χ4v) is 5.14. The second kappa shape index (κ2) is 8.64. The van der Waals surface area contributed by atoms with Crippen LogP contribution in [0.25, 0.3) is 0 Å². The summed E-state index contributed by atoms with van der Waals surface area (Å²) in [5.74, 6) is -1.65. The Morgan fingerprint density at radius 1 is 1.19 bits per heavy atom. The van der Waals surface area contributed by atoms with E-state index in [1.165, 1.54) is 6.07 Å². The maximum absolute atomic E-state index is 13.8. The lowest BCUT2D eigenvalue weighted by Gasteiger charge is -2.35. The Morgan fingerprint density at radius 3 is 2.55 bits per heavy atom. The Hall–Kier alpha value is -1.77. The van der Waals surface area contributed by atoms with Gasteiger partial charge < -0.3 is 20.1 Å². The lowest BCUT2D eigenvalue weighted by atomic mass is 9.86. The van der Waals surface area contributed by atoms with Crippen LogP contribution in [0.15, 0.2) is 18.2 Å². The highest BCUT2D eigenvalue weighted by atomic mass is 19.2. The van der Waals surface area contributed by atoms with E-state index in [2.05, 4.69) is 4.90 Å². The smallest absolute Gasteiger partial charge is 0.240 e. The fourth-order valence-electron chi connectivity index (χ4n) is 5.14. The van der Waals surface area contributed by atoms with Crippen molar-refractivity contribution in [3.8, 4) is 5.75 Å². The number of hydrogen-bond acceptors (Lipinski definition) is 5. The van der Waals surface area contributed by atoms with Crippen LogP contribution < -0.4 is 10.5 Å². The SMILES string of the molecule is CC(C)(C)C(N)C(=O)N1CCC2C1C(Oc1ccc(F)c(F)c1)CN2C1CCOCC1. The van der Waals surface area contributed by atoms with Crippen molar-refractivity contribution in [2.24, 2.45) is 11.1 Å². The summed E-state index contributed by atoms with van der Waals surface area (Å²) in [6.45, 7) is 8.59. The number of ether oxygens (including phenoxy) is 2. The van der Waals surface area contributed by atoms with Crippen molar-refractivity contribution in [3.05, 3.63) is 29.8 Å². The normalized spacial score (nSPS) is 28.6. The summed E-state index contributed by atoms with van der Waals surface area (Å²) in [7, 11) is 0. The molecule has 31 heavy (non-hydrogen) atoms. The van der Waals surface area contributed by atoms with Crippen LogP contribution in [0, 0.1) is 17.0 Å². The molecule has 1 aromatic carbocycles. The quantitative estimate of drug-likeness (QED) is 0.784. The van der Waals surface area contributed by atoms with Crippen molar-refractivity contribution in [1.82, 2.24) is 9.80 Å². The molecule has 0 bridgehead atoms. The summed E-state index contributed by atoms with van der Waals surface area (Å²) in [5.41, 5.74) is 5.96. The standard InChI is InChI=1S/C23H33F2N3O3/c1-23(2,3)21(26)22(29)27-9-6-18-20(27)19(13-28(18)14-7-10-30-11-8-14)31-15-4-5-16(24)17(25)12-15/h4-5,12,14,18-21H,6-11,13,26H2,1-3H3. The van der Waals surface area contributed by atoms with Crippen LogP contribution in [0.1, 0.15) is 40.0 Å². The molecule has 1 amide bonds. The van der Waals surface area contributed by atoms with Gasteiger partial charge in [0, 0.05) is 44.5 Å². The Balaban J connectivity index is 1.60. The average Bonchev–Trinajstić information content (AvgIpc) is 3.31. The Kier molecular flexibility index (Phi) is 6.25. The fraction of sp³-hybridized carbons (Fsp3) is 0.696. The third-order valence-electron chi connectivity index (χ3n) is 6.94. The third-order valence-corrected chi connectivity index (χ3v) is 6.94. The molecule has 3 saturated heterocycles. The van der Waals surface area contributed by atoms with Crippen LogP contribution in [0.3, 0.4) is 0 Å². The predicted octanol–water partition coefficient (Wildman–Crippen LogP) is 2.55. The molecule has 0 radical (unpaired) electrons. The minimum Gasteiger partial charge on any atom is -0.487 e. The van der Waals surface area contributed by atoms with Crippen LogP contribution in [0.2, 0.25) is 0 Å². The van der Waals surface area contributed by atoms with Gasteiger partial charge in [0.25, 0.3) is 0 Å². The molecule has 3 aliphatic heterocycles. The van der Waals surface area contributed by atoms with Crippen LogP contribution in [-0.4, -0.2) is 72.3 Å². The van der Waals surface area contributed by atoms with E-state index in [9.17, 15) is 13.6 Å². The monoisotopic (exact) mass is 437 g/mol. The first-order valence-corrected chi connectivity index (χ1v) is 11.2. The summed E-state index contributed by atoms with van der Waals surface area (Å²) in [6, 6.07) is 3.32. The summed E-state index contributed by atoms with van der Waals surface area (Å²) >= 11 is 0. The van der Waals surface area contributed by atoms with E-state index in [-0.39, 0.29) is 35.3 Å². The number of carbonyl (C=O) groups is 1. The van der Waals surface area contributed by atoms with Gasteiger partial charge in [0.1, 0.15) is 11.9 Å². The number of amides is 1. The zero-order chi connectivity index (χ0) is 22.3. The van der Waals surface area contributed by atoms with Gasteiger partial charge in [-0.1, -0.05) is 20.8 Å². The maximum atomic E-state index is 13.8. The first kappa shape index (κ1) is 22.4. The molecule has 172 valence electrons. The molecular formula is C23H33F2N3O3. The molecule has 4 unspecified atom stereocenters. The van der Waals surface area contributed by atoms with Gasteiger partial charge in [-0.15, -0.1) is 0 Å². The number of nitrogens with two attached hydrogens (primary N) is 1. The number of nitrogens with zero attached hydrogens (tertiary/aromatic N) is 2. The topological polar surface area (TPSA) is 68.0 Å². The van der Waals surface area contributed by atoms with E-state index in [1.54, 1.807) is 0 Å². The Labute approximate surface area is 182 Å². The van der Waals surface area contributed by atoms with Crippen molar-refractivity contribution in [3.63, 3.8) is 0 Å². The number of hydrogen-bond donors (Lipinski definition) is 1. The summed E-state index contributed by atoms with van der Waals surface area (Å²) in [4.78, 5) is 17.6. The molecule has 0 aromatic heterocycles. The minimum absolute atomic E-state index is 0.0762. The first-order chi connectivity index (χ1) is 14.7. The van der Waals surface area contributed by atoms with E-state index in [1.807, 2.05) is 25.7 Å². The first-order valence-electron chi connectivity index (χ1n) is 11.2. The van der Waals surface area contributed by atoms with Gasteiger partial charge in [-0.25, -0.2) is 8.78 Å². The second-order valence-electron chi connectivity index (χ2n) is 9.99. The maximum Gasteiger partial charge on any atom is 0.240 e. The number of likely N-dealkylation sites (tertiary alicyclic amines) is 2. The second-order valence-corrected chi connectivity index (χ2v) is 9.99. The number of benzene rings is 1. The van der Waals surface area contributed by atoms with Crippen LogP contribution >= 0.6 is 0 Å². The number of rotatable bonds is 4. The molecule has 0 aliphatic carbocycles. The van der Waals surface area contributed by atoms with Crippen LogP contribution in [0.4, 0.5) is 8.78 Å². The van der Waals surface area contributed by atoms with E-state index < -0.39 is 17.7 Å². The molecule has 3 fully saturated rings. The minimum atomic E-state index is -0.942. The van der Waals surface area contributed by atoms with Crippen molar-refractivity contribution in [2.75, 3.05) is 26.3 Å². The van der Waals surface area contributed by atoms with Gasteiger partial charge in [0.15, 0.2) is 11.6 Å². The largest absolute Gasteiger partial charge is 0.487 e. The predicted molar refractivity (Wildman–Crippen MR) is 113 cm³/mol. The molecule has 8 heteroatoms. The Bertz CT molecular complexity index is 810. The molecule has 3 aliphatic rings. The lowest BCUT2D eigenvalue weighted by Crippen LogP contribution is -2.55. The van der Waals surface area contributed by atoms with Crippen molar-refractivity contribution in [2.45, 2.75) is 70.3 Å². The van der Waals surface area contributed by atoms with E-state index >= 15 is 0 Å². The van der Waals surface area contributed by atoms with Crippen molar-refractivity contribution >= 4 is 5.91 Å². The Morgan fingerprint density at radius 2 is 1.90 bits per heavy atom. The summed E-state index contributed by atoms with van der Waals surface area (Å²) < 4.78 is 38.9. The van der Waals surface area contributed by atoms with E-state index in [0.29, 0.717) is 19.1 Å². The van der Waals surface area contributed by atoms with E-state index in [0.717, 1.165) is 44.6 Å². The molecule has 4 atom stereocenters. The highest BCUT2D eigenvalue weighted by Gasteiger charge is 2.54. The lowest BCUT2D eigenvalue weighted by molar-refractivity contribution is -0.137. The zero-order valence-corrected chi connectivity index (χ0v) is 18.5.